The topological polar surface area (TPSA) is 66.1 Å². The number of amides is 1. The van der Waals surface area contributed by atoms with Gasteiger partial charge in [0.05, 0.1) is 17.3 Å². The normalized spacial score (nSPS) is 15.3. The first-order chi connectivity index (χ1) is 13.0. The van der Waals surface area contributed by atoms with Crippen LogP contribution in [0, 0.1) is 19.8 Å². The second-order valence-electron chi connectivity index (χ2n) is 7.39. The first-order valence-corrected chi connectivity index (χ1v) is 9.37. The summed E-state index contributed by atoms with van der Waals surface area (Å²) in [7, 11) is 0. The minimum Gasteiger partial charge on any atom is -0.339 e. The molecule has 5 heteroatoms. The van der Waals surface area contributed by atoms with Crippen molar-refractivity contribution in [2.45, 2.75) is 26.7 Å². The Morgan fingerprint density at radius 1 is 1.07 bits per heavy atom. The predicted molar refractivity (Wildman–Crippen MR) is 105 cm³/mol. The van der Waals surface area contributed by atoms with Crippen molar-refractivity contribution in [3.63, 3.8) is 0 Å². The Kier molecular flexibility index (Phi) is 4.52. The van der Waals surface area contributed by atoms with Gasteiger partial charge in [-0.2, -0.15) is 5.10 Å². The van der Waals surface area contributed by atoms with Crippen molar-refractivity contribution in [1.82, 2.24) is 15.1 Å². The van der Waals surface area contributed by atoms with Gasteiger partial charge in [0.1, 0.15) is 0 Å². The lowest BCUT2D eigenvalue weighted by Gasteiger charge is -2.31. The highest BCUT2D eigenvalue weighted by Gasteiger charge is 2.29. The molecule has 138 valence electrons. The van der Waals surface area contributed by atoms with E-state index in [0.29, 0.717) is 31.5 Å². The number of rotatable bonds is 3. The van der Waals surface area contributed by atoms with Crippen LogP contribution in [0.1, 0.15) is 44.7 Å². The van der Waals surface area contributed by atoms with Crippen LogP contribution in [0.5, 0.6) is 0 Å². The van der Waals surface area contributed by atoms with Crippen LogP contribution in [0.3, 0.4) is 0 Å². The van der Waals surface area contributed by atoms with Crippen molar-refractivity contribution in [1.29, 1.82) is 0 Å². The third-order valence-corrected chi connectivity index (χ3v) is 5.51. The molecule has 4 rings (SSSR count). The van der Waals surface area contributed by atoms with Gasteiger partial charge in [0, 0.05) is 30.0 Å². The summed E-state index contributed by atoms with van der Waals surface area (Å²) in [6.45, 7) is 5.23. The number of hydrogen-bond donors (Lipinski definition) is 1. The van der Waals surface area contributed by atoms with E-state index in [9.17, 15) is 9.59 Å². The zero-order valence-electron chi connectivity index (χ0n) is 15.7. The molecule has 1 aliphatic heterocycles. The Morgan fingerprint density at radius 2 is 1.85 bits per heavy atom. The van der Waals surface area contributed by atoms with Gasteiger partial charge in [0.15, 0.2) is 5.78 Å². The van der Waals surface area contributed by atoms with E-state index < -0.39 is 0 Å². The molecule has 0 radical (unpaired) electrons. The number of para-hydroxylation sites is 1. The van der Waals surface area contributed by atoms with Crippen LogP contribution in [0.2, 0.25) is 0 Å². The second kappa shape index (κ2) is 6.99. The number of H-pyrrole nitrogens is 1. The number of aromatic nitrogens is 2. The maximum atomic E-state index is 12.9. The minimum atomic E-state index is -0.0154. The van der Waals surface area contributed by atoms with Crippen LogP contribution in [0.25, 0.3) is 10.9 Å². The average Bonchev–Trinajstić information content (AvgIpc) is 3.16. The molecule has 1 aliphatic rings. The van der Waals surface area contributed by atoms with E-state index in [1.165, 1.54) is 0 Å². The van der Waals surface area contributed by atoms with Gasteiger partial charge in [-0.25, -0.2) is 0 Å². The number of nitrogens with one attached hydrogen (secondary N) is 1. The number of carbonyl (C=O) groups is 2. The van der Waals surface area contributed by atoms with Gasteiger partial charge in [-0.15, -0.1) is 0 Å². The maximum Gasteiger partial charge on any atom is 0.256 e. The second-order valence-corrected chi connectivity index (χ2v) is 7.39. The summed E-state index contributed by atoms with van der Waals surface area (Å²) in [4.78, 5) is 27.7. The number of carbonyl (C=O) groups excluding carboxylic acids is 2. The van der Waals surface area contributed by atoms with Crippen LogP contribution >= 0.6 is 0 Å². The third-order valence-electron chi connectivity index (χ3n) is 5.51. The summed E-state index contributed by atoms with van der Waals surface area (Å²) in [5.41, 5.74) is 4.43. The molecule has 1 fully saturated rings. The SMILES string of the molecule is Cc1ccc(C(=O)C2CCN(C(=O)c3cccc4cn[nH]c34)CC2)c(C)c1. The number of benzene rings is 2. The average molecular weight is 361 g/mol. The molecule has 1 aromatic heterocycles. The van der Waals surface area contributed by atoms with Gasteiger partial charge in [0.25, 0.3) is 5.91 Å². The molecule has 0 spiro atoms. The molecular weight excluding hydrogens is 338 g/mol. The lowest BCUT2D eigenvalue weighted by atomic mass is 9.86. The first-order valence-electron chi connectivity index (χ1n) is 9.37. The molecule has 1 amide bonds. The van der Waals surface area contributed by atoms with Crippen LogP contribution in [0.4, 0.5) is 0 Å². The number of Topliss-reactive ketones (excluding diaryl/α,β-unsaturated/α-hetero) is 1. The first kappa shape index (κ1) is 17.5. The number of aryl methyl sites for hydroxylation is 2. The van der Waals surface area contributed by atoms with Crippen LogP contribution < -0.4 is 0 Å². The smallest absolute Gasteiger partial charge is 0.256 e. The Bertz CT molecular complexity index is 1010. The Balaban J connectivity index is 1.46. The summed E-state index contributed by atoms with van der Waals surface area (Å²) >= 11 is 0. The standard InChI is InChI=1S/C22H23N3O2/c1-14-6-7-18(15(2)12-14)21(26)16-8-10-25(11-9-16)22(27)19-5-3-4-17-13-23-24-20(17)19/h3-7,12-13,16H,8-11H2,1-2H3,(H,23,24). The number of aromatic amines is 1. The number of ketones is 1. The van der Waals surface area contributed by atoms with Crippen molar-refractivity contribution < 1.29 is 9.59 Å². The molecule has 0 unspecified atom stereocenters. The van der Waals surface area contributed by atoms with E-state index in [-0.39, 0.29) is 17.6 Å². The molecule has 0 atom stereocenters. The minimum absolute atomic E-state index is 0.00210. The van der Waals surface area contributed by atoms with Crippen LogP contribution in [-0.2, 0) is 0 Å². The van der Waals surface area contributed by atoms with E-state index in [1.807, 2.05) is 49.1 Å². The molecule has 2 heterocycles. The molecule has 27 heavy (non-hydrogen) atoms. The zero-order valence-corrected chi connectivity index (χ0v) is 15.7. The van der Waals surface area contributed by atoms with Crippen molar-refractivity contribution in [3.8, 4) is 0 Å². The fourth-order valence-electron chi connectivity index (χ4n) is 3.97. The molecule has 1 N–H and O–H groups in total. The fourth-order valence-corrected chi connectivity index (χ4v) is 3.97. The zero-order chi connectivity index (χ0) is 19.0. The summed E-state index contributed by atoms with van der Waals surface area (Å²) in [5, 5.41) is 7.88. The van der Waals surface area contributed by atoms with Gasteiger partial charge in [-0.1, -0.05) is 35.9 Å². The molecular formula is C22H23N3O2. The maximum absolute atomic E-state index is 12.9. The highest BCUT2D eigenvalue weighted by atomic mass is 16.2. The molecule has 3 aromatic rings. The molecule has 5 nitrogen and oxygen atoms in total. The highest BCUT2D eigenvalue weighted by Crippen LogP contribution is 2.26. The highest BCUT2D eigenvalue weighted by molar-refractivity contribution is 6.05. The summed E-state index contributed by atoms with van der Waals surface area (Å²) in [6.07, 6.45) is 3.13. The summed E-state index contributed by atoms with van der Waals surface area (Å²) in [6, 6.07) is 11.6. The van der Waals surface area contributed by atoms with Crippen molar-refractivity contribution in [2.75, 3.05) is 13.1 Å². The molecule has 0 bridgehead atoms. The van der Waals surface area contributed by atoms with Crippen LogP contribution in [0.15, 0.2) is 42.6 Å². The van der Waals surface area contributed by atoms with E-state index in [4.69, 9.17) is 0 Å². The fraction of sp³-hybridized carbons (Fsp3) is 0.318. The molecule has 0 saturated carbocycles. The van der Waals surface area contributed by atoms with Crippen molar-refractivity contribution in [3.05, 3.63) is 64.8 Å². The van der Waals surface area contributed by atoms with Gasteiger partial charge >= 0.3 is 0 Å². The number of fused-ring (bicyclic) bond motifs is 1. The lowest BCUT2D eigenvalue weighted by Crippen LogP contribution is -2.40. The van der Waals surface area contributed by atoms with Gasteiger partial charge in [-0.3, -0.25) is 14.7 Å². The Morgan fingerprint density at radius 3 is 2.59 bits per heavy atom. The largest absolute Gasteiger partial charge is 0.339 e. The van der Waals surface area contributed by atoms with Gasteiger partial charge < -0.3 is 4.90 Å². The summed E-state index contributed by atoms with van der Waals surface area (Å²) in [5.74, 6) is 0.191. The van der Waals surface area contributed by atoms with E-state index in [2.05, 4.69) is 16.3 Å². The van der Waals surface area contributed by atoms with Gasteiger partial charge in [0.2, 0.25) is 0 Å². The van der Waals surface area contributed by atoms with E-state index in [0.717, 1.165) is 27.6 Å². The molecule has 1 saturated heterocycles. The third kappa shape index (κ3) is 3.25. The van der Waals surface area contributed by atoms with Crippen LogP contribution in [-0.4, -0.2) is 39.9 Å². The van der Waals surface area contributed by atoms with Crippen molar-refractivity contribution >= 4 is 22.6 Å². The van der Waals surface area contributed by atoms with Gasteiger partial charge in [-0.05, 0) is 38.3 Å². The van der Waals surface area contributed by atoms with E-state index in [1.54, 1.807) is 6.20 Å². The number of piperidine rings is 1. The molecule has 0 aliphatic carbocycles. The Hall–Kier alpha value is -2.95. The molecule has 2 aromatic carbocycles. The Labute approximate surface area is 158 Å². The number of nitrogens with zero attached hydrogens (tertiary/aromatic N) is 2. The lowest BCUT2D eigenvalue weighted by molar-refractivity contribution is 0.0651. The predicted octanol–water partition coefficient (Wildman–Crippen LogP) is 3.91. The number of likely N-dealkylation sites (tertiary alicyclic amines) is 1. The quantitative estimate of drug-likeness (QED) is 0.719. The monoisotopic (exact) mass is 361 g/mol. The number of hydrogen-bond acceptors (Lipinski definition) is 3. The van der Waals surface area contributed by atoms with Crippen molar-refractivity contribution in [2.24, 2.45) is 5.92 Å². The van der Waals surface area contributed by atoms with E-state index >= 15 is 0 Å². The summed E-state index contributed by atoms with van der Waals surface area (Å²) < 4.78 is 0.